The van der Waals surface area contributed by atoms with Gasteiger partial charge in [0.1, 0.15) is 11.5 Å². The highest BCUT2D eigenvalue weighted by Gasteiger charge is 2.48. The molecule has 2 aromatic heterocycles. The zero-order chi connectivity index (χ0) is 23.8. The van der Waals surface area contributed by atoms with Gasteiger partial charge in [-0.2, -0.15) is 0 Å². The van der Waals surface area contributed by atoms with Crippen LogP contribution in [0.5, 0.6) is 5.75 Å². The number of aliphatic hydroxyl groups excluding tert-OH is 1. The van der Waals surface area contributed by atoms with Crippen molar-refractivity contribution in [2.45, 2.75) is 26.0 Å². The number of pyridine rings is 1. The van der Waals surface area contributed by atoms with Gasteiger partial charge < -0.3 is 14.8 Å². The van der Waals surface area contributed by atoms with E-state index in [2.05, 4.69) is 15.0 Å². The molecule has 3 heterocycles. The van der Waals surface area contributed by atoms with Crippen LogP contribution in [-0.4, -0.2) is 37.9 Å². The number of carbonyl (C=O) groups is 2. The van der Waals surface area contributed by atoms with Crippen molar-refractivity contribution >= 4 is 34.4 Å². The van der Waals surface area contributed by atoms with E-state index in [4.69, 9.17) is 4.74 Å². The minimum atomic E-state index is -0.887. The van der Waals surface area contributed by atoms with Crippen LogP contribution in [0.3, 0.4) is 0 Å². The third-order valence-electron chi connectivity index (χ3n) is 5.57. The summed E-state index contributed by atoms with van der Waals surface area (Å²) in [6, 6.07) is 16.8. The van der Waals surface area contributed by atoms with Gasteiger partial charge in [-0.25, -0.2) is 4.98 Å². The predicted octanol–water partition coefficient (Wildman–Crippen LogP) is 4.37. The van der Waals surface area contributed by atoms with E-state index in [-0.39, 0.29) is 23.4 Å². The molecule has 1 unspecified atom stereocenters. The molecule has 34 heavy (non-hydrogen) atoms. The molecule has 8 nitrogen and oxygen atoms in total. The van der Waals surface area contributed by atoms with Gasteiger partial charge in [0.25, 0.3) is 5.78 Å². The van der Waals surface area contributed by atoms with Crippen LogP contribution in [-0.2, 0) is 9.59 Å². The molecule has 1 aliphatic heterocycles. The van der Waals surface area contributed by atoms with Gasteiger partial charge in [0, 0.05) is 18.0 Å². The maximum absolute atomic E-state index is 13.3. The lowest BCUT2D eigenvalue weighted by Gasteiger charge is -2.23. The lowest BCUT2D eigenvalue weighted by molar-refractivity contribution is -0.132. The monoisotopic (exact) mass is 454 g/mol. The number of para-hydroxylation sites is 2. The Kier molecular flexibility index (Phi) is 5.33. The quantitative estimate of drug-likeness (QED) is 0.263. The summed E-state index contributed by atoms with van der Waals surface area (Å²) in [5, 5.41) is 11.1. The Morgan fingerprint density at radius 1 is 1.03 bits per heavy atom. The summed E-state index contributed by atoms with van der Waals surface area (Å²) in [5.74, 6) is -0.950. The Bertz CT molecular complexity index is 1370. The third kappa shape index (κ3) is 3.69. The van der Waals surface area contributed by atoms with Crippen molar-refractivity contribution in [1.82, 2.24) is 15.0 Å². The van der Waals surface area contributed by atoms with E-state index in [1.165, 1.54) is 17.3 Å². The SMILES string of the molecule is CC(C)Oc1ccc(C2/C(=C(\O)c3ccncc3)C(=O)C(=O)N2c2nc3ccccc3[nH]2)cc1. The second-order valence-electron chi connectivity index (χ2n) is 8.22. The molecule has 1 amide bonds. The number of hydrogen-bond acceptors (Lipinski definition) is 6. The number of anilines is 1. The molecule has 0 saturated carbocycles. The maximum atomic E-state index is 13.3. The summed E-state index contributed by atoms with van der Waals surface area (Å²) in [5.41, 5.74) is 2.39. The van der Waals surface area contributed by atoms with Crippen LogP contribution in [0.2, 0.25) is 0 Å². The Labute approximate surface area is 195 Å². The largest absolute Gasteiger partial charge is 0.507 e. The molecule has 170 valence electrons. The van der Waals surface area contributed by atoms with Gasteiger partial charge in [-0.05, 0) is 55.8 Å². The Hall–Kier alpha value is -4.46. The van der Waals surface area contributed by atoms with E-state index in [1.54, 1.807) is 36.4 Å². The van der Waals surface area contributed by atoms with Crippen molar-refractivity contribution in [3.63, 3.8) is 0 Å². The number of aromatic amines is 1. The molecule has 4 aromatic rings. The summed E-state index contributed by atoms with van der Waals surface area (Å²) in [4.78, 5) is 39.4. The van der Waals surface area contributed by atoms with Crippen LogP contribution in [0, 0.1) is 0 Å². The molecule has 2 N–H and O–H groups in total. The van der Waals surface area contributed by atoms with Gasteiger partial charge in [-0.15, -0.1) is 0 Å². The van der Waals surface area contributed by atoms with E-state index >= 15 is 0 Å². The molecular weight excluding hydrogens is 432 g/mol. The van der Waals surface area contributed by atoms with Gasteiger partial charge in [-0.1, -0.05) is 24.3 Å². The number of benzene rings is 2. The maximum Gasteiger partial charge on any atom is 0.302 e. The average Bonchev–Trinajstić information content (AvgIpc) is 3.38. The number of carbonyl (C=O) groups excluding carboxylic acids is 2. The zero-order valence-electron chi connectivity index (χ0n) is 18.6. The smallest absolute Gasteiger partial charge is 0.302 e. The van der Waals surface area contributed by atoms with Crippen LogP contribution < -0.4 is 9.64 Å². The van der Waals surface area contributed by atoms with E-state index in [9.17, 15) is 14.7 Å². The molecule has 0 radical (unpaired) electrons. The number of hydrogen-bond donors (Lipinski definition) is 2. The Morgan fingerprint density at radius 3 is 2.41 bits per heavy atom. The third-order valence-corrected chi connectivity index (χ3v) is 5.57. The van der Waals surface area contributed by atoms with Crippen molar-refractivity contribution in [3.8, 4) is 5.75 Å². The molecule has 1 fully saturated rings. The molecule has 0 spiro atoms. The van der Waals surface area contributed by atoms with Crippen molar-refractivity contribution in [2.24, 2.45) is 0 Å². The van der Waals surface area contributed by atoms with Crippen LogP contribution in [0.15, 0.2) is 78.6 Å². The zero-order valence-corrected chi connectivity index (χ0v) is 18.6. The van der Waals surface area contributed by atoms with E-state index in [0.717, 1.165) is 5.52 Å². The van der Waals surface area contributed by atoms with Crippen molar-refractivity contribution in [2.75, 3.05) is 4.90 Å². The second kappa shape index (κ2) is 8.47. The fourth-order valence-corrected chi connectivity index (χ4v) is 4.09. The van der Waals surface area contributed by atoms with Crippen LogP contribution in [0.25, 0.3) is 16.8 Å². The highest BCUT2D eigenvalue weighted by Crippen LogP contribution is 2.42. The number of ether oxygens (including phenoxy) is 1. The topological polar surface area (TPSA) is 108 Å². The number of rotatable bonds is 5. The minimum Gasteiger partial charge on any atom is -0.507 e. The van der Waals surface area contributed by atoms with Gasteiger partial charge in [-0.3, -0.25) is 19.5 Å². The molecular formula is C26H22N4O4. The first-order valence-corrected chi connectivity index (χ1v) is 10.9. The first-order valence-electron chi connectivity index (χ1n) is 10.9. The van der Waals surface area contributed by atoms with Crippen molar-refractivity contribution in [1.29, 1.82) is 0 Å². The predicted molar refractivity (Wildman–Crippen MR) is 127 cm³/mol. The fourth-order valence-electron chi connectivity index (χ4n) is 4.09. The Morgan fingerprint density at radius 2 is 1.74 bits per heavy atom. The number of ketones is 1. The van der Waals surface area contributed by atoms with Crippen LogP contribution >= 0.6 is 0 Å². The van der Waals surface area contributed by atoms with Gasteiger partial charge >= 0.3 is 5.91 Å². The standard InChI is InChI=1S/C26H22N4O4/c1-15(2)34-18-9-7-16(8-10-18)22-21(23(31)17-11-13-27-14-12-17)24(32)25(33)30(22)26-28-19-5-3-4-6-20(19)29-26/h3-15,22,31H,1-2H3,(H,28,29)/b23-21+. The Balaban J connectivity index is 1.68. The number of H-pyrrole nitrogens is 1. The van der Waals surface area contributed by atoms with Gasteiger partial charge in [0.05, 0.1) is 28.8 Å². The lowest BCUT2D eigenvalue weighted by Crippen LogP contribution is -2.30. The van der Waals surface area contributed by atoms with E-state index in [0.29, 0.717) is 22.4 Å². The number of Topliss-reactive ketones (excluding diaryl/α,β-unsaturated/α-hetero) is 1. The summed E-state index contributed by atoms with van der Waals surface area (Å²) in [6.45, 7) is 3.86. The number of fused-ring (bicyclic) bond motifs is 1. The molecule has 0 aliphatic carbocycles. The number of nitrogens with zero attached hydrogens (tertiary/aromatic N) is 3. The first-order chi connectivity index (χ1) is 16.4. The van der Waals surface area contributed by atoms with Crippen molar-refractivity contribution < 1.29 is 19.4 Å². The normalized spacial score (nSPS) is 17.6. The number of aromatic nitrogens is 3. The van der Waals surface area contributed by atoms with Crippen LogP contribution in [0.4, 0.5) is 5.95 Å². The van der Waals surface area contributed by atoms with E-state index in [1.807, 2.05) is 38.1 Å². The highest BCUT2D eigenvalue weighted by molar-refractivity contribution is 6.51. The molecule has 0 bridgehead atoms. The number of imidazole rings is 1. The second-order valence-corrected chi connectivity index (χ2v) is 8.22. The summed E-state index contributed by atoms with van der Waals surface area (Å²) in [6.07, 6.45) is 3.02. The summed E-state index contributed by atoms with van der Waals surface area (Å²) >= 11 is 0. The molecule has 2 aromatic carbocycles. The molecule has 8 heteroatoms. The number of nitrogens with one attached hydrogen (secondary N) is 1. The highest BCUT2D eigenvalue weighted by atomic mass is 16.5. The molecule has 5 rings (SSSR count). The van der Waals surface area contributed by atoms with E-state index < -0.39 is 17.7 Å². The minimum absolute atomic E-state index is 0.00118. The average molecular weight is 454 g/mol. The fraction of sp³-hybridized carbons (Fsp3) is 0.154. The first kappa shape index (κ1) is 21.4. The molecule has 1 saturated heterocycles. The van der Waals surface area contributed by atoms with Crippen molar-refractivity contribution in [3.05, 3.63) is 89.8 Å². The molecule has 1 atom stereocenters. The lowest BCUT2D eigenvalue weighted by atomic mass is 9.95. The van der Waals surface area contributed by atoms with Crippen LogP contribution in [0.1, 0.15) is 31.0 Å². The van der Waals surface area contributed by atoms with Gasteiger partial charge in [0.2, 0.25) is 5.95 Å². The number of amides is 1. The summed E-state index contributed by atoms with van der Waals surface area (Å²) in [7, 11) is 0. The number of aliphatic hydroxyl groups is 1. The molecule has 1 aliphatic rings. The summed E-state index contributed by atoms with van der Waals surface area (Å²) < 4.78 is 5.73. The van der Waals surface area contributed by atoms with Gasteiger partial charge in [0.15, 0.2) is 0 Å².